The number of nitrogens with zero attached hydrogens (tertiary/aromatic N) is 2. The van der Waals surface area contributed by atoms with Crippen molar-refractivity contribution >= 4 is 69.8 Å². The van der Waals surface area contributed by atoms with Crippen LogP contribution in [0.15, 0.2) is 0 Å². The van der Waals surface area contributed by atoms with Crippen LogP contribution in [-0.2, 0) is 29.8 Å². The van der Waals surface area contributed by atoms with Gasteiger partial charge in [0.25, 0.3) is 0 Å². The summed E-state index contributed by atoms with van der Waals surface area (Å²) in [6.07, 6.45) is 28.0. The SMILES string of the molecule is CCCCCCCCCCCCCC(=O)N(C)CCS(=O)(=O)[O-].CCCCCCCCCCCCCC(=O)N(C)CCS(=O)(=O)[O-].[Ca+2]. The molecule has 0 saturated heterocycles. The van der Waals surface area contributed by atoms with Crippen molar-refractivity contribution < 1.29 is 35.5 Å². The van der Waals surface area contributed by atoms with Crippen LogP contribution in [0, 0.1) is 0 Å². The van der Waals surface area contributed by atoms with Gasteiger partial charge in [-0.15, -0.1) is 0 Å². The van der Waals surface area contributed by atoms with Gasteiger partial charge < -0.3 is 18.9 Å². The summed E-state index contributed by atoms with van der Waals surface area (Å²) in [5.74, 6) is -1.17. The van der Waals surface area contributed by atoms with Crippen LogP contribution >= 0.6 is 0 Å². The second-order valence-electron chi connectivity index (χ2n) is 12.7. The Kier molecular flexibility index (Phi) is 37.7. The molecule has 0 aromatic rings. The Labute approximate surface area is 319 Å². The van der Waals surface area contributed by atoms with Crippen molar-refractivity contribution in [2.45, 2.75) is 168 Å². The van der Waals surface area contributed by atoms with Gasteiger partial charge in [0.2, 0.25) is 11.8 Å². The number of unbranched alkanes of at least 4 members (excludes halogenated alkanes) is 20. The zero-order valence-corrected chi connectivity index (χ0v) is 34.3. The monoisotopic (exact) mass is 736 g/mol. The Balaban J connectivity index is -0.000000807. The van der Waals surface area contributed by atoms with E-state index in [0.29, 0.717) is 12.8 Å². The van der Waals surface area contributed by atoms with Crippen LogP contribution in [-0.4, -0.2) is 124 Å². The molecule has 0 radical (unpaired) electrons. The molecule has 10 nitrogen and oxygen atoms in total. The topological polar surface area (TPSA) is 155 Å². The maximum absolute atomic E-state index is 11.7. The van der Waals surface area contributed by atoms with E-state index in [4.69, 9.17) is 0 Å². The minimum absolute atomic E-state index is 0. The molecule has 0 heterocycles. The number of rotatable bonds is 30. The smallest absolute Gasteiger partial charge is 0.748 e. The fourth-order valence-electron chi connectivity index (χ4n) is 5.01. The Morgan fingerprint density at radius 1 is 0.447 bits per heavy atom. The fourth-order valence-corrected chi connectivity index (χ4v) is 6.00. The molecule has 0 aliphatic heterocycles. The van der Waals surface area contributed by atoms with Gasteiger partial charge in [0.15, 0.2) is 0 Å². The van der Waals surface area contributed by atoms with Crippen LogP contribution in [0.2, 0.25) is 0 Å². The van der Waals surface area contributed by atoms with E-state index >= 15 is 0 Å². The summed E-state index contributed by atoms with van der Waals surface area (Å²) in [5.41, 5.74) is 0. The van der Waals surface area contributed by atoms with Crippen molar-refractivity contribution in [3.63, 3.8) is 0 Å². The van der Waals surface area contributed by atoms with Crippen molar-refractivity contribution in [3.05, 3.63) is 0 Å². The largest absolute Gasteiger partial charge is 2.00 e. The van der Waals surface area contributed by atoms with Gasteiger partial charge in [0.1, 0.15) is 0 Å². The molecule has 47 heavy (non-hydrogen) atoms. The third-order valence-electron chi connectivity index (χ3n) is 8.19. The first kappa shape index (κ1) is 51.4. The number of hydrogen-bond donors (Lipinski definition) is 0. The maximum Gasteiger partial charge on any atom is 2.00 e. The van der Waals surface area contributed by atoms with Crippen LogP contribution in [0.4, 0.5) is 0 Å². The van der Waals surface area contributed by atoms with Crippen LogP contribution in [0.25, 0.3) is 0 Å². The van der Waals surface area contributed by atoms with Crippen LogP contribution in [0.3, 0.4) is 0 Å². The molecule has 0 N–H and O–H groups in total. The summed E-state index contributed by atoms with van der Waals surface area (Å²) >= 11 is 0. The number of carbonyl (C=O) groups excluding carboxylic acids is 2. The van der Waals surface area contributed by atoms with Gasteiger partial charge in [-0.05, 0) is 12.8 Å². The summed E-state index contributed by atoms with van der Waals surface area (Å²) in [5, 5.41) is 0. The molecule has 0 bridgehead atoms. The summed E-state index contributed by atoms with van der Waals surface area (Å²) in [6, 6.07) is 0. The van der Waals surface area contributed by atoms with E-state index in [1.165, 1.54) is 113 Å². The Bertz CT molecular complexity index is 874. The predicted octanol–water partition coefficient (Wildman–Crippen LogP) is 7.00. The van der Waals surface area contributed by atoms with E-state index < -0.39 is 31.7 Å². The Morgan fingerprint density at radius 3 is 0.872 bits per heavy atom. The molecule has 0 aromatic heterocycles. The van der Waals surface area contributed by atoms with Gasteiger partial charge in [-0.3, -0.25) is 9.59 Å². The fraction of sp³-hybridized carbons (Fsp3) is 0.941. The minimum atomic E-state index is -4.24. The zero-order chi connectivity index (χ0) is 35.1. The second kappa shape index (κ2) is 34.5. The van der Waals surface area contributed by atoms with E-state index in [1.807, 2.05) is 0 Å². The average molecular weight is 737 g/mol. The molecular weight excluding hydrogens is 669 g/mol. The number of carbonyl (C=O) groups is 2. The first-order valence-electron chi connectivity index (χ1n) is 18.1. The van der Waals surface area contributed by atoms with Gasteiger partial charge in [-0.1, -0.05) is 142 Å². The Morgan fingerprint density at radius 2 is 0.660 bits per heavy atom. The molecule has 276 valence electrons. The van der Waals surface area contributed by atoms with Crippen LogP contribution in [0.5, 0.6) is 0 Å². The standard InChI is InChI=1S/2C17H35NO4S.Ca/c2*1-3-4-5-6-7-8-9-10-11-12-13-14-17(19)18(2)15-16-23(20,21)22;/h2*3-16H2,1-2H3,(H,20,21,22);/q;;+2/p-2. The van der Waals surface area contributed by atoms with Gasteiger partial charge in [0.05, 0.1) is 31.7 Å². The summed E-state index contributed by atoms with van der Waals surface area (Å²) in [6.45, 7) is 4.44. The van der Waals surface area contributed by atoms with E-state index in [1.54, 1.807) is 14.1 Å². The molecule has 2 amide bonds. The molecule has 0 aliphatic rings. The van der Waals surface area contributed by atoms with E-state index in [-0.39, 0.29) is 62.6 Å². The van der Waals surface area contributed by atoms with Crippen molar-refractivity contribution in [1.82, 2.24) is 9.80 Å². The van der Waals surface area contributed by atoms with Crippen molar-refractivity contribution in [2.75, 3.05) is 38.7 Å². The number of amides is 2. The van der Waals surface area contributed by atoms with E-state index in [9.17, 15) is 35.5 Å². The molecule has 0 aromatic carbocycles. The van der Waals surface area contributed by atoms with E-state index in [2.05, 4.69) is 13.8 Å². The zero-order valence-electron chi connectivity index (χ0n) is 30.5. The minimum Gasteiger partial charge on any atom is -0.748 e. The molecule has 13 heteroatoms. The normalized spacial score (nSPS) is 11.4. The summed E-state index contributed by atoms with van der Waals surface area (Å²) < 4.78 is 63.1. The average Bonchev–Trinajstić information content (AvgIpc) is 2.99. The van der Waals surface area contributed by atoms with Gasteiger partial charge in [-0.25, -0.2) is 16.8 Å². The van der Waals surface area contributed by atoms with Gasteiger partial charge >= 0.3 is 37.7 Å². The number of hydrogen-bond acceptors (Lipinski definition) is 8. The maximum atomic E-state index is 11.7. The van der Waals surface area contributed by atoms with E-state index in [0.717, 1.165) is 38.5 Å². The molecule has 0 atom stereocenters. The quantitative estimate of drug-likeness (QED) is 0.0434. The predicted molar refractivity (Wildman–Crippen MR) is 192 cm³/mol. The third kappa shape index (κ3) is 42.1. The molecule has 0 aliphatic carbocycles. The van der Waals surface area contributed by atoms with Crippen molar-refractivity contribution in [2.24, 2.45) is 0 Å². The van der Waals surface area contributed by atoms with Gasteiger partial charge in [-0.2, -0.15) is 0 Å². The Hall–Kier alpha value is 0.0197. The molecular formula is C34H68CaN2O8S2. The molecule has 0 saturated carbocycles. The first-order chi connectivity index (χ1) is 21.7. The molecule has 0 rings (SSSR count). The third-order valence-corrected chi connectivity index (χ3v) is 9.56. The first-order valence-corrected chi connectivity index (χ1v) is 21.2. The van der Waals surface area contributed by atoms with Crippen LogP contribution in [0.1, 0.15) is 168 Å². The van der Waals surface area contributed by atoms with Crippen LogP contribution < -0.4 is 0 Å². The van der Waals surface area contributed by atoms with Crippen molar-refractivity contribution in [3.8, 4) is 0 Å². The van der Waals surface area contributed by atoms with Crippen molar-refractivity contribution in [1.29, 1.82) is 0 Å². The summed E-state index contributed by atoms with van der Waals surface area (Å²) in [7, 11) is -5.39. The second-order valence-corrected chi connectivity index (χ2v) is 15.8. The summed E-state index contributed by atoms with van der Waals surface area (Å²) in [4.78, 5) is 26.2. The van der Waals surface area contributed by atoms with Gasteiger partial charge in [0, 0.05) is 40.0 Å². The molecule has 0 unspecified atom stereocenters. The molecule has 0 spiro atoms. The molecule has 0 fully saturated rings.